The lowest BCUT2D eigenvalue weighted by atomic mass is 9.89. The average molecular weight is 451 g/mol. The van der Waals surface area contributed by atoms with Crippen LogP contribution >= 0.6 is 0 Å². The lowest BCUT2D eigenvalue weighted by Gasteiger charge is -2.25. The quantitative estimate of drug-likeness (QED) is 0.468. The van der Waals surface area contributed by atoms with E-state index in [2.05, 4.69) is 17.0 Å². The first-order valence-electron chi connectivity index (χ1n) is 11.2. The number of pyridine rings is 1. The van der Waals surface area contributed by atoms with Crippen molar-refractivity contribution < 1.29 is 23.8 Å². The molecule has 33 heavy (non-hydrogen) atoms. The molecule has 0 N–H and O–H groups in total. The first kappa shape index (κ1) is 22.8. The van der Waals surface area contributed by atoms with E-state index in [1.54, 1.807) is 32.9 Å². The Bertz CT molecular complexity index is 1190. The van der Waals surface area contributed by atoms with Crippen molar-refractivity contribution in [3.8, 4) is 5.75 Å². The highest BCUT2D eigenvalue weighted by Gasteiger charge is 2.30. The van der Waals surface area contributed by atoms with E-state index in [4.69, 9.17) is 19.2 Å². The number of carbonyl (C=O) groups excluding carboxylic acids is 2. The van der Waals surface area contributed by atoms with Crippen LogP contribution in [0.25, 0.3) is 16.6 Å². The summed E-state index contributed by atoms with van der Waals surface area (Å²) in [7, 11) is 2.02. The van der Waals surface area contributed by atoms with Crippen molar-refractivity contribution in [2.75, 3.05) is 13.7 Å². The summed E-state index contributed by atoms with van der Waals surface area (Å²) >= 11 is 0. The fraction of sp³-hybridized carbons (Fsp3) is 0.423. The second-order valence-electron chi connectivity index (χ2n) is 9.61. The Morgan fingerprint density at radius 1 is 1.30 bits per heavy atom. The number of benzene rings is 1. The van der Waals surface area contributed by atoms with Crippen molar-refractivity contribution in [1.29, 1.82) is 0 Å². The van der Waals surface area contributed by atoms with Gasteiger partial charge >= 0.3 is 12.1 Å². The summed E-state index contributed by atoms with van der Waals surface area (Å²) in [6, 6.07) is 7.42. The normalized spacial score (nSPS) is 19.7. The summed E-state index contributed by atoms with van der Waals surface area (Å²) in [6.07, 6.45) is 2.05. The van der Waals surface area contributed by atoms with Crippen molar-refractivity contribution in [3.63, 3.8) is 0 Å². The van der Waals surface area contributed by atoms with Gasteiger partial charge in [0.15, 0.2) is 0 Å². The van der Waals surface area contributed by atoms with E-state index >= 15 is 0 Å². The standard InChI is InChI=1S/C26H30N2O5/c1-7-19-20(15(2)14-31-24(19)29)12-22-23-17(13-28(22)6)10-16-11-18(8-9-21(16)27-23)32-25(30)33-26(3,4)5/h8-12,19H,7,13-14H2,1-6H3/b22-12-/t19-/m1/s1. The molecule has 174 valence electrons. The molecule has 2 aromatic rings. The maximum atomic E-state index is 12.3. The fourth-order valence-corrected chi connectivity index (χ4v) is 4.22. The van der Waals surface area contributed by atoms with E-state index in [1.165, 1.54) is 0 Å². The first-order valence-corrected chi connectivity index (χ1v) is 11.2. The van der Waals surface area contributed by atoms with Crippen molar-refractivity contribution in [2.24, 2.45) is 5.92 Å². The maximum Gasteiger partial charge on any atom is 0.514 e. The molecule has 0 amide bonds. The lowest BCUT2D eigenvalue weighted by molar-refractivity contribution is -0.147. The minimum Gasteiger partial charge on any atom is -0.461 e. The van der Waals surface area contributed by atoms with Gasteiger partial charge in [-0.3, -0.25) is 4.79 Å². The SMILES string of the molecule is CC[C@H]1C(=O)OCC(C)=C1/C=C1/c2nc3ccc(OC(=O)OC(C)(C)C)cc3cc2CN1C. The molecule has 2 aliphatic rings. The van der Waals surface area contributed by atoms with Crippen LogP contribution in [0.2, 0.25) is 0 Å². The minimum absolute atomic E-state index is 0.167. The second kappa shape index (κ2) is 8.54. The molecule has 7 heteroatoms. The van der Waals surface area contributed by atoms with Gasteiger partial charge in [0.25, 0.3) is 0 Å². The zero-order valence-corrected chi connectivity index (χ0v) is 20.0. The van der Waals surface area contributed by atoms with Gasteiger partial charge in [0.05, 0.1) is 22.8 Å². The van der Waals surface area contributed by atoms with Crippen LogP contribution in [0.3, 0.4) is 0 Å². The van der Waals surface area contributed by atoms with Crippen molar-refractivity contribution in [2.45, 2.75) is 53.2 Å². The monoisotopic (exact) mass is 450 g/mol. The van der Waals surface area contributed by atoms with E-state index in [0.29, 0.717) is 25.3 Å². The Kier molecular flexibility index (Phi) is 5.91. The Morgan fingerprint density at radius 3 is 2.76 bits per heavy atom. The third-order valence-electron chi connectivity index (χ3n) is 5.80. The van der Waals surface area contributed by atoms with Gasteiger partial charge in [0.2, 0.25) is 0 Å². The number of cyclic esters (lactones) is 1. The molecule has 3 heterocycles. The molecule has 0 radical (unpaired) electrons. The zero-order chi connectivity index (χ0) is 23.9. The van der Waals surface area contributed by atoms with Gasteiger partial charge in [0, 0.05) is 19.0 Å². The molecular formula is C26H30N2O5. The summed E-state index contributed by atoms with van der Waals surface area (Å²) in [6.45, 7) is 10.4. The largest absolute Gasteiger partial charge is 0.514 e. The second-order valence-corrected chi connectivity index (χ2v) is 9.61. The van der Waals surface area contributed by atoms with Gasteiger partial charge in [-0.2, -0.15) is 0 Å². The number of esters is 1. The van der Waals surface area contributed by atoms with Gasteiger partial charge in [-0.05, 0) is 81.2 Å². The van der Waals surface area contributed by atoms with Crippen molar-refractivity contribution in [3.05, 3.63) is 52.7 Å². The van der Waals surface area contributed by atoms with Gasteiger partial charge in [-0.25, -0.2) is 9.78 Å². The highest BCUT2D eigenvalue weighted by atomic mass is 16.7. The molecule has 1 aromatic carbocycles. The predicted octanol–water partition coefficient (Wildman–Crippen LogP) is 5.23. The molecule has 7 nitrogen and oxygen atoms in total. The molecule has 4 rings (SSSR count). The Balaban J connectivity index is 1.68. The molecule has 2 aliphatic heterocycles. The topological polar surface area (TPSA) is 78.0 Å². The maximum absolute atomic E-state index is 12.3. The molecule has 1 aromatic heterocycles. The smallest absolute Gasteiger partial charge is 0.461 e. The summed E-state index contributed by atoms with van der Waals surface area (Å²) in [5.74, 6) is -0.00979. The summed E-state index contributed by atoms with van der Waals surface area (Å²) in [4.78, 5) is 31.3. The minimum atomic E-state index is -0.735. The van der Waals surface area contributed by atoms with E-state index in [9.17, 15) is 9.59 Å². The third-order valence-corrected chi connectivity index (χ3v) is 5.80. The number of hydrogen-bond donors (Lipinski definition) is 0. The van der Waals surface area contributed by atoms with E-state index in [1.807, 2.05) is 27.0 Å². The molecule has 0 bridgehead atoms. The molecular weight excluding hydrogens is 420 g/mol. The number of aromatic nitrogens is 1. The molecule has 0 unspecified atom stereocenters. The predicted molar refractivity (Wildman–Crippen MR) is 125 cm³/mol. The highest BCUT2D eigenvalue weighted by Crippen LogP contribution is 2.36. The van der Waals surface area contributed by atoms with Crippen LogP contribution in [0.1, 0.15) is 52.3 Å². The number of allylic oxidation sites excluding steroid dienone is 1. The lowest BCUT2D eigenvalue weighted by Crippen LogP contribution is -2.26. The number of nitrogens with zero attached hydrogens (tertiary/aromatic N) is 2. The average Bonchev–Trinajstić information content (AvgIpc) is 3.01. The van der Waals surface area contributed by atoms with Crippen LogP contribution in [-0.2, 0) is 20.8 Å². The molecule has 0 spiro atoms. The van der Waals surface area contributed by atoms with Crippen molar-refractivity contribution in [1.82, 2.24) is 9.88 Å². The van der Waals surface area contributed by atoms with Crippen LogP contribution in [-0.4, -0.2) is 41.3 Å². The molecule has 0 saturated heterocycles. The van der Waals surface area contributed by atoms with Crippen LogP contribution in [0.4, 0.5) is 4.79 Å². The number of ether oxygens (including phenoxy) is 3. The molecule has 0 fully saturated rings. The van der Waals surface area contributed by atoms with Crippen molar-refractivity contribution >= 4 is 28.7 Å². The highest BCUT2D eigenvalue weighted by molar-refractivity contribution is 5.86. The summed E-state index contributed by atoms with van der Waals surface area (Å²) in [5.41, 5.74) is 5.24. The van der Waals surface area contributed by atoms with Gasteiger partial charge in [0.1, 0.15) is 18.0 Å². The molecule has 1 atom stereocenters. The van der Waals surface area contributed by atoms with Crippen LogP contribution in [0.15, 0.2) is 41.5 Å². The van der Waals surface area contributed by atoms with Crippen LogP contribution < -0.4 is 4.74 Å². The first-order chi connectivity index (χ1) is 15.6. The van der Waals surface area contributed by atoms with E-state index < -0.39 is 11.8 Å². The van der Waals surface area contributed by atoms with Gasteiger partial charge < -0.3 is 19.1 Å². The van der Waals surface area contributed by atoms with Gasteiger partial charge in [-0.1, -0.05) is 6.92 Å². The Morgan fingerprint density at radius 2 is 2.06 bits per heavy atom. The number of carbonyl (C=O) groups is 2. The van der Waals surface area contributed by atoms with Crippen LogP contribution in [0, 0.1) is 5.92 Å². The Hall–Kier alpha value is -3.35. The number of fused-ring (bicyclic) bond motifs is 2. The number of hydrogen-bond acceptors (Lipinski definition) is 7. The van der Waals surface area contributed by atoms with Gasteiger partial charge in [-0.15, -0.1) is 0 Å². The summed E-state index contributed by atoms with van der Waals surface area (Å²) < 4.78 is 15.9. The van der Waals surface area contributed by atoms with Crippen LogP contribution in [0.5, 0.6) is 5.75 Å². The zero-order valence-electron chi connectivity index (χ0n) is 20.0. The van der Waals surface area contributed by atoms with E-state index in [0.717, 1.165) is 39.0 Å². The van der Waals surface area contributed by atoms with E-state index in [-0.39, 0.29) is 11.9 Å². The third kappa shape index (κ3) is 4.72. The molecule has 0 aliphatic carbocycles. The number of rotatable bonds is 3. The summed E-state index contributed by atoms with van der Waals surface area (Å²) in [5, 5.41) is 0.882. The fourth-order valence-electron chi connectivity index (χ4n) is 4.22. The molecule has 0 saturated carbocycles. The Labute approximate surface area is 194 Å².